The molecule has 0 aromatic heterocycles. The van der Waals surface area contributed by atoms with E-state index in [-0.39, 0.29) is 5.82 Å². The van der Waals surface area contributed by atoms with Crippen LogP contribution in [0.15, 0.2) is 36.4 Å². The maximum atomic E-state index is 13.0. The summed E-state index contributed by atoms with van der Waals surface area (Å²) in [7, 11) is 0. The van der Waals surface area contributed by atoms with Crippen LogP contribution in [0.25, 0.3) is 0 Å². The molecular formula is C14H11Cl2FO. The van der Waals surface area contributed by atoms with Crippen LogP contribution in [0, 0.1) is 12.7 Å². The van der Waals surface area contributed by atoms with Gasteiger partial charge in [-0.05, 0) is 47.9 Å². The minimum Gasteiger partial charge on any atom is -0.384 e. The predicted octanol–water partition coefficient (Wildman–Crippen LogP) is 4.52. The minimum atomic E-state index is -0.847. The lowest BCUT2D eigenvalue weighted by atomic mass is 9.97. The highest BCUT2D eigenvalue weighted by atomic mass is 35.5. The van der Waals surface area contributed by atoms with Gasteiger partial charge in [-0.2, -0.15) is 0 Å². The molecular weight excluding hydrogens is 274 g/mol. The van der Waals surface area contributed by atoms with E-state index in [1.165, 1.54) is 12.1 Å². The molecule has 1 N–H and O–H groups in total. The van der Waals surface area contributed by atoms with Crippen LogP contribution < -0.4 is 0 Å². The molecule has 2 rings (SSSR count). The summed E-state index contributed by atoms with van der Waals surface area (Å²) in [5.41, 5.74) is 1.96. The van der Waals surface area contributed by atoms with E-state index in [1.54, 1.807) is 31.2 Å². The van der Waals surface area contributed by atoms with E-state index >= 15 is 0 Å². The Morgan fingerprint density at radius 1 is 1.06 bits per heavy atom. The van der Waals surface area contributed by atoms with E-state index < -0.39 is 6.10 Å². The van der Waals surface area contributed by atoms with Gasteiger partial charge in [0.25, 0.3) is 0 Å². The predicted molar refractivity (Wildman–Crippen MR) is 71.7 cm³/mol. The zero-order valence-electron chi connectivity index (χ0n) is 9.62. The smallest absolute Gasteiger partial charge is 0.123 e. The van der Waals surface area contributed by atoms with Gasteiger partial charge in [0.2, 0.25) is 0 Å². The van der Waals surface area contributed by atoms with Crippen LogP contribution in [0.3, 0.4) is 0 Å². The molecule has 0 heterocycles. The standard InChI is InChI=1S/C14H11Cl2FO/c1-8-6-10(17)3-4-11(8)14(18)9-2-5-12(15)13(16)7-9/h2-7,14,18H,1H3. The first-order valence-electron chi connectivity index (χ1n) is 5.38. The van der Waals surface area contributed by atoms with Gasteiger partial charge in [0.15, 0.2) is 0 Å². The van der Waals surface area contributed by atoms with Gasteiger partial charge in [0.1, 0.15) is 11.9 Å². The molecule has 0 aliphatic carbocycles. The summed E-state index contributed by atoms with van der Waals surface area (Å²) in [6.45, 7) is 1.75. The lowest BCUT2D eigenvalue weighted by Crippen LogP contribution is -2.02. The van der Waals surface area contributed by atoms with Gasteiger partial charge in [-0.15, -0.1) is 0 Å². The van der Waals surface area contributed by atoms with Crippen molar-refractivity contribution in [2.75, 3.05) is 0 Å². The Balaban J connectivity index is 2.41. The largest absolute Gasteiger partial charge is 0.384 e. The summed E-state index contributed by atoms with van der Waals surface area (Å²) in [5.74, 6) is -0.322. The van der Waals surface area contributed by atoms with Gasteiger partial charge in [-0.25, -0.2) is 4.39 Å². The fraction of sp³-hybridized carbons (Fsp3) is 0.143. The van der Waals surface area contributed by atoms with Gasteiger partial charge in [0.05, 0.1) is 10.0 Å². The number of rotatable bonds is 2. The van der Waals surface area contributed by atoms with Crippen molar-refractivity contribution in [2.24, 2.45) is 0 Å². The highest BCUT2D eigenvalue weighted by Gasteiger charge is 2.14. The molecule has 0 bridgehead atoms. The molecule has 0 amide bonds. The van der Waals surface area contributed by atoms with Crippen molar-refractivity contribution in [3.8, 4) is 0 Å². The van der Waals surface area contributed by atoms with Crippen molar-refractivity contribution in [1.29, 1.82) is 0 Å². The number of aliphatic hydroxyl groups excluding tert-OH is 1. The maximum absolute atomic E-state index is 13.0. The summed E-state index contributed by atoms with van der Waals surface area (Å²) < 4.78 is 13.0. The van der Waals surface area contributed by atoms with Gasteiger partial charge >= 0.3 is 0 Å². The molecule has 1 atom stereocenters. The number of aliphatic hydroxyl groups is 1. The zero-order valence-corrected chi connectivity index (χ0v) is 11.1. The van der Waals surface area contributed by atoms with E-state index in [0.29, 0.717) is 26.7 Å². The second kappa shape index (κ2) is 5.27. The van der Waals surface area contributed by atoms with E-state index in [9.17, 15) is 9.50 Å². The van der Waals surface area contributed by atoms with Crippen LogP contribution in [0.2, 0.25) is 10.0 Å². The van der Waals surface area contributed by atoms with Gasteiger partial charge in [0, 0.05) is 0 Å². The van der Waals surface area contributed by atoms with Gasteiger partial charge in [-0.3, -0.25) is 0 Å². The Bertz CT molecular complexity index is 584. The molecule has 0 fully saturated rings. The normalized spacial score (nSPS) is 12.5. The lowest BCUT2D eigenvalue weighted by Gasteiger charge is -2.14. The quantitative estimate of drug-likeness (QED) is 0.860. The Hall–Kier alpha value is -1.09. The first kappa shape index (κ1) is 13.3. The Morgan fingerprint density at radius 2 is 1.78 bits per heavy atom. The van der Waals surface area contributed by atoms with E-state index in [4.69, 9.17) is 23.2 Å². The first-order valence-corrected chi connectivity index (χ1v) is 6.13. The molecule has 1 unspecified atom stereocenters. The van der Waals surface area contributed by atoms with E-state index in [2.05, 4.69) is 0 Å². The van der Waals surface area contributed by atoms with Crippen molar-refractivity contribution in [1.82, 2.24) is 0 Å². The monoisotopic (exact) mass is 284 g/mol. The average Bonchev–Trinajstić information content (AvgIpc) is 2.32. The summed E-state index contributed by atoms with van der Waals surface area (Å²) in [6, 6.07) is 9.21. The number of aryl methyl sites for hydroxylation is 1. The SMILES string of the molecule is Cc1cc(F)ccc1C(O)c1ccc(Cl)c(Cl)c1. The van der Waals surface area contributed by atoms with Crippen molar-refractivity contribution >= 4 is 23.2 Å². The van der Waals surface area contributed by atoms with Crippen molar-refractivity contribution in [3.63, 3.8) is 0 Å². The highest BCUT2D eigenvalue weighted by molar-refractivity contribution is 6.42. The first-order chi connectivity index (χ1) is 8.49. The highest BCUT2D eigenvalue weighted by Crippen LogP contribution is 2.30. The number of halogens is 3. The van der Waals surface area contributed by atoms with E-state index in [1.807, 2.05) is 0 Å². The summed E-state index contributed by atoms with van der Waals surface area (Å²) >= 11 is 11.7. The molecule has 0 radical (unpaired) electrons. The zero-order chi connectivity index (χ0) is 13.3. The third-order valence-electron chi connectivity index (χ3n) is 2.79. The topological polar surface area (TPSA) is 20.2 Å². The van der Waals surface area contributed by atoms with Crippen LogP contribution in [0.5, 0.6) is 0 Å². The molecule has 1 nitrogen and oxygen atoms in total. The van der Waals surface area contributed by atoms with Crippen LogP contribution >= 0.6 is 23.2 Å². The molecule has 0 aliphatic heterocycles. The van der Waals surface area contributed by atoms with Crippen LogP contribution in [0.1, 0.15) is 22.8 Å². The summed E-state index contributed by atoms with van der Waals surface area (Å²) in [4.78, 5) is 0. The number of hydrogen-bond acceptors (Lipinski definition) is 1. The maximum Gasteiger partial charge on any atom is 0.123 e. The molecule has 0 aliphatic rings. The number of benzene rings is 2. The molecule has 0 saturated heterocycles. The fourth-order valence-electron chi connectivity index (χ4n) is 1.81. The Kier molecular flexibility index (Phi) is 3.91. The molecule has 4 heteroatoms. The molecule has 0 spiro atoms. The molecule has 2 aromatic carbocycles. The lowest BCUT2D eigenvalue weighted by molar-refractivity contribution is 0.219. The van der Waals surface area contributed by atoms with Crippen LogP contribution in [0.4, 0.5) is 4.39 Å². The molecule has 94 valence electrons. The van der Waals surface area contributed by atoms with Crippen LogP contribution in [-0.4, -0.2) is 5.11 Å². The summed E-state index contributed by atoms with van der Waals surface area (Å²) in [6.07, 6.45) is -0.847. The Morgan fingerprint density at radius 3 is 2.39 bits per heavy atom. The molecule has 0 saturated carbocycles. The van der Waals surface area contributed by atoms with Gasteiger partial charge in [-0.1, -0.05) is 35.3 Å². The minimum absolute atomic E-state index is 0.322. The van der Waals surface area contributed by atoms with Crippen molar-refractivity contribution < 1.29 is 9.50 Å². The Labute approximate surface area is 115 Å². The molecule has 2 aromatic rings. The second-order valence-corrected chi connectivity index (χ2v) is 4.89. The molecule has 18 heavy (non-hydrogen) atoms. The fourth-order valence-corrected chi connectivity index (χ4v) is 2.11. The number of hydrogen-bond donors (Lipinski definition) is 1. The van der Waals surface area contributed by atoms with Crippen LogP contribution in [-0.2, 0) is 0 Å². The third kappa shape index (κ3) is 2.66. The summed E-state index contributed by atoms with van der Waals surface area (Å²) in [5, 5.41) is 11.1. The third-order valence-corrected chi connectivity index (χ3v) is 3.52. The van der Waals surface area contributed by atoms with Gasteiger partial charge < -0.3 is 5.11 Å². The van der Waals surface area contributed by atoms with Crippen molar-refractivity contribution in [3.05, 3.63) is 69.0 Å². The second-order valence-electron chi connectivity index (χ2n) is 4.08. The average molecular weight is 285 g/mol. The van der Waals surface area contributed by atoms with Crippen molar-refractivity contribution in [2.45, 2.75) is 13.0 Å². The van der Waals surface area contributed by atoms with E-state index in [0.717, 1.165) is 0 Å².